The van der Waals surface area contributed by atoms with Crippen molar-refractivity contribution in [2.24, 2.45) is 0 Å². The Bertz CT molecular complexity index is 711. The first-order valence-electron chi connectivity index (χ1n) is 8.36. The van der Waals surface area contributed by atoms with Crippen LogP contribution in [0.2, 0.25) is 0 Å². The monoisotopic (exact) mass is 412 g/mol. The molecule has 9 nitrogen and oxygen atoms in total. The molecule has 0 aliphatic heterocycles. The van der Waals surface area contributed by atoms with Crippen molar-refractivity contribution in [2.75, 3.05) is 26.2 Å². The van der Waals surface area contributed by atoms with Gasteiger partial charge < -0.3 is 19.5 Å². The Morgan fingerprint density at radius 1 is 1.14 bits per heavy atom. The van der Waals surface area contributed by atoms with E-state index in [-0.39, 0.29) is 5.56 Å². The Hall–Kier alpha value is -2.75. The van der Waals surface area contributed by atoms with E-state index in [1.165, 1.54) is 25.8 Å². The van der Waals surface area contributed by atoms with Crippen LogP contribution in [0.25, 0.3) is 0 Å². The normalized spacial score (nSPS) is 12.3. The van der Waals surface area contributed by atoms with Crippen LogP contribution in [0, 0.1) is 0 Å². The topological polar surface area (TPSA) is 120 Å². The number of imide groups is 1. The van der Waals surface area contributed by atoms with Gasteiger partial charge in [-0.1, -0.05) is 12.1 Å². The lowest BCUT2D eigenvalue weighted by atomic mass is 10.1. The Morgan fingerprint density at radius 3 is 2.43 bits per heavy atom. The molecular formula is C18H24N2O7S. The Morgan fingerprint density at radius 2 is 1.82 bits per heavy atom. The molecule has 0 radical (unpaired) electrons. The molecular weight excluding hydrogens is 388 g/mol. The van der Waals surface area contributed by atoms with Crippen molar-refractivity contribution in [3.05, 3.63) is 29.8 Å². The van der Waals surface area contributed by atoms with Crippen LogP contribution < -0.4 is 15.4 Å². The molecule has 0 aliphatic carbocycles. The lowest BCUT2D eigenvalue weighted by Crippen LogP contribution is -2.46. The second-order valence-corrected chi connectivity index (χ2v) is 6.55. The van der Waals surface area contributed by atoms with Crippen molar-refractivity contribution in [1.82, 2.24) is 10.6 Å². The van der Waals surface area contributed by atoms with Crippen LogP contribution >= 0.6 is 11.8 Å². The number of carbonyl (C=O) groups is 4. The molecule has 0 heterocycles. The second-order valence-electron chi connectivity index (χ2n) is 5.57. The highest BCUT2D eigenvalue weighted by atomic mass is 32.2. The minimum atomic E-state index is -1.24. The van der Waals surface area contributed by atoms with Crippen LogP contribution in [0.3, 0.4) is 0 Å². The van der Waals surface area contributed by atoms with E-state index in [1.54, 1.807) is 24.3 Å². The quantitative estimate of drug-likeness (QED) is 0.584. The first kappa shape index (κ1) is 23.3. The molecule has 3 amide bonds. The van der Waals surface area contributed by atoms with Gasteiger partial charge in [-0.05, 0) is 37.5 Å². The molecule has 0 saturated carbocycles. The van der Waals surface area contributed by atoms with Crippen molar-refractivity contribution >= 4 is 35.6 Å². The van der Waals surface area contributed by atoms with Gasteiger partial charge in [0.05, 0.1) is 19.8 Å². The summed E-state index contributed by atoms with van der Waals surface area (Å²) in [7, 11) is 2.54. The second kappa shape index (κ2) is 11.9. The minimum absolute atomic E-state index is 0.267. The number of esters is 1. The Labute approximate surface area is 167 Å². The van der Waals surface area contributed by atoms with Gasteiger partial charge in [-0.15, -0.1) is 0 Å². The van der Waals surface area contributed by atoms with Gasteiger partial charge in [0.2, 0.25) is 0 Å². The number of carbonyl (C=O) groups excluding carboxylic acids is 4. The van der Waals surface area contributed by atoms with Gasteiger partial charge in [0, 0.05) is 0 Å². The molecule has 0 aliphatic rings. The van der Waals surface area contributed by atoms with Crippen LogP contribution in [0.15, 0.2) is 24.3 Å². The summed E-state index contributed by atoms with van der Waals surface area (Å²) >= 11 is 1.49. The van der Waals surface area contributed by atoms with Gasteiger partial charge in [-0.25, -0.2) is 9.59 Å². The average molecular weight is 412 g/mol. The molecule has 0 aromatic heterocycles. The van der Waals surface area contributed by atoms with E-state index < -0.39 is 36.0 Å². The van der Waals surface area contributed by atoms with Gasteiger partial charge in [0.1, 0.15) is 11.8 Å². The van der Waals surface area contributed by atoms with Crippen molar-refractivity contribution in [2.45, 2.75) is 25.5 Å². The maximum absolute atomic E-state index is 12.6. The zero-order valence-electron chi connectivity index (χ0n) is 16.1. The molecule has 0 fully saturated rings. The number of amides is 3. The zero-order chi connectivity index (χ0) is 21.1. The number of rotatable bonds is 9. The van der Waals surface area contributed by atoms with Crippen LogP contribution in [-0.2, 0) is 19.1 Å². The van der Waals surface area contributed by atoms with E-state index in [1.807, 2.05) is 11.6 Å². The van der Waals surface area contributed by atoms with E-state index in [4.69, 9.17) is 9.47 Å². The number of nitrogens with one attached hydrogen (secondary N) is 2. The summed E-state index contributed by atoms with van der Waals surface area (Å²) in [5.74, 6) is -1.19. The Kier molecular flexibility index (Phi) is 9.86. The van der Waals surface area contributed by atoms with Crippen molar-refractivity contribution in [3.63, 3.8) is 0 Å². The number of ether oxygens (including phenoxy) is 3. The van der Waals surface area contributed by atoms with Gasteiger partial charge in [0.25, 0.3) is 11.8 Å². The predicted octanol–water partition coefficient (Wildman–Crippen LogP) is 1.36. The standard InChI is InChI=1S/C18H24N2O7S/c1-11(15(21)20-18(24)26-3)27-17(23)13(9-10-28-4)19-16(22)12-7-5-6-8-14(12)25-2/h5-8,11,13H,9-10H2,1-4H3,(H,19,22)(H,20,21,24)/t11-,13-/m1/s1. The van der Waals surface area contributed by atoms with E-state index in [9.17, 15) is 19.2 Å². The third-order valence-corrected chi connectivity index (χ3v) is 4.27. The molecule has 1 aromatic rings. The smallest absolute Gasteiger partial charge is 0.413 e. The summed E-state index contributed by atoms with van der Waals surface area (Å²) < 4.78 is 14.6. The van der Waals surface area contributed by atoms with Gasteiger partial charge in [-0.3, -0.25) is 14.9 Å². The van der Waals surface area contributed by atoms with Crippen LogP contribution in [0.1, 0.15) is 23.7 Å². The lowest BCUT2D eigenvalue weighted by Gasteiger charge is -2.20. The summed E-state index contributed by atoms with van der Waals surface area (Å²) in [6.45, 7) is 1.31. The molecule has 2 N–H and O–H groups in total. The van der Waals surface area contributed by atoms with Gasteiger partial charge in [0.15, 0.2) is 6.10 Å². The number of methoxy groups -OCH3 is 2. The molecule has 1 aromatic carbocycles. The SMILES string of the molecule is COC(=O)NC(=O)[C@@H](C)OC(=O)[C@@H](CCSC)NC(=O)c1ccccc1OC. The molecule has 0 unspecified atom stereocenters. The average Bonchev–Trinajstić information content (AvgIpc) is 2.70. The summed E-state index contributed by atoms with van der Waals surface area (Å²) in [6.07, 6.45) is -0.0498. The largest absolute Gasteiger partial charge is 0.496 e. The number of hydrogen-bond acceptors (Lipinski definition) is 8. The van der Waals surface area contributed by atoms with Crippen LogP contribution in [-0.4, -0.2) is 62.3 Å². The lowest BCUT2D eigenvalue weighted by molar-refractivity contribution is -0.156. The van der Waals surface area contributed by atoms with Crippen molar-refractivity contribution in [1.29, 1.82) is 0 Å². The molecule has 28 heavy (non-hydrogen) atoms. The van der Waals surface area contributed by atoms with E-state index >= 15 is 0 Å². The van der Waals surface area contributed by atoms with Gasteiger partial charge >= 0.3 is 12.1 Å². The fraction of sp³-hybridized carbons (Fsp3) is 0.444. The van der Waals surface area contributed by atoms with Crippen LogP contribution in [0.4, 0.5) is 4.79 Å². The molecule has 10 heteroatoms. The molecule has 2 atom stereocenters. The number of hydrogen-bond donors (Lipinski definition) is 2. The predicted molar refractivity (Wildman–Crippen MR) is 103 cm³/mol. The van der Waals surface area contributed by atoms with Crippen molar-refractivity contribution < 1.29 is 33.4 Å². The number of alkyl carbamates (subject to hydrolysis) is 1. The molecule has 0 bridgehead atoms. The Balaban J connectivity index is 2.83. The summed E-state index contributed by atoms with van der Waals surface area (Å²) in [5.41, 5.74) is 0.267. The highest BCUT2D eigenvalue weighted by Crippen LogP contribution is 2.17. The number of para-hydroxylation sites is 1. The van der Waals surface area contributed by atoms with Crippen molar-refractivity contribution in [3.8, 4) is 5.75 Å². The fourth-order valence-electron chi connectivity index (χ4n) is 2.12. The molecule has 0 saturated heterocycles. The highest BCUT2D eigenvalue weighted by Gasteiger charge is 2.28. The first-order valence-corrected chi connectivity index (χ1v) is 9.75. The minimum Gasteiger partial charge on any atom is -0.496 e. The van der Waals surface area contributed by atoms with E-state index in [0.29, 0.717) is 17.9 Å². The number of benzene rings is 1. The molecule has 0 spiro atoms. The third-order valence-electron chi connectivity index (χ3n) is 3.62. The van der Waals surface area contributed by atoms with E-state index in [0.717, 1.165) is 7.11 Å². The van der Waals surface area contributed by atoms with Gasteiger partial charge in [-0.2, -0.15) is 11.8 Å². The zero-order valence-corrected chi connectivity index (χ0v) is 17.0. The first-order chi connectivity index (χ1) is 13.3. The highest BCUT2D eigenvalue weighted by molar-refractivity contribution is 7.98. The van der Waals surface area contributed by atoms with Crippen LogP contribution in [0.5, 0.6) is 5.75 Å². The summed E-state index contributed by atoms with van der Waals surface area (Å²) in [6, 6.07) is 5.61. The number of thioether (sulfide) groups is 1. The summed E-state index contributed by atoms with van der Waals surface area (Å²) in [4.78, 5) is 47.9. The summed E-state index contributed by atoms with van der Waals surface area (Å²) in [5, 5.41) is 4.52. The molecule has 1 rings (SSSR count). The maximum Gasteiger partial charge on any atom is 0.413 e. The third kappa shape index (κ3) is 7.10. The maximum atomic E-state index is 12.6. The van der Waals surface area contributed by atoms with E-state index in [2.05, 4.69) is 10.1 Å². The molecule has 154 valence electrons. The fourth-order valence-corrected chi connectivity index (χ4v) is 2.59.